The first-order valence-electron chi connectivity index (χ1n) is 12.7. The van der Waals surface area contributed by atoms with Crippen molar-refractivity contribution in [2.75, 3.05) is 44.9 Å². The highest BCUT2D eigenvalue weighted by Crippen LogP contribution is 2.43. The zero-order valence-electron chi connectivity index (χ0n) is 21.1. The summed E-state index contributed by atoms with van der Waals surface area (Å²) in [5.74, 6) is 1.50. The Balaban J connectivity index is 0.000000371. The third-order valence-electron chi connectivity index (χ3n) is 7.65. The minimum absolute atomic E-state index is 0.158. The summed E-state index contributed by atoms with van der Waals surface area (Å²) in [6.45, 7) is 8.56. The number of methoxy groups -OCH3 is 1. The van der Waals surface area contributed by atoms with Gasteiger partial charge in [-0.15, -0.1) is 5.10 Å². The van der Waals surface area contributed by atoms with Crippen molar-refractivity contribution in [3.8, 4) is 0 Å². The zero-order valence-corrected chi connectivity index (χ0v) is 21.1. The molecule has 1 aromatic carbocycles. The van der Waals surface area contributed by atoms with Crippen LogP contribution in [0.5, 0.6) is 0 Å². The number of hydrogen-bond donors (Lipinski definition) is 2. The van der Waals surface area contributed by atoms with E-state index in [9.17, 15) is 0 Å². The summed E-state index contributed by atoms with van der Waals surface area (Å²) in [5.41, 5.74) is 8.80. The van der Waals surface area contributed by atoms with E-state index in [1.54, 1.807) is 7.11 Å². The smallest absolute Gasteiger partial charge is 0.185 e. The predicted octanol–water partition coefficient (Wildman–Crippen LogP) is 2.89. The third kappa shape index (κ3) is 4.80. The van der Waals surface area contributed by atoms with Crippen LogP contribution in [-0.2, 0) is 15.1 Å². The van der Waals surface area contributed by atoms with E-state index in [2.05, 4.69) is 36.3 Å². The molecule has 3 atom stereocenters. The van der Waals surface area contributed by atoms with Gasteiger partial charge in [0.05, 0.1) is 30.6 Å². The van der Waals surface area contributed by atoms with Crippen LogP contribution in [0.25, 0.3) is 5.65 Å². The Kier molecular flexibility index (Phi) is 6.81. The van der Waals surface area contributed by atoms with Crippen molar-refractivity contribution < 1.29 is 9.47 Å². The molecule has 8 heteroatoms. The van der Waals surface area contributed by atoms with Crippen LogP contribution in [0.3, 0.4) is 0 Å². The summed E-state index contributed by atoms with van der Waals surface area (Å²) in [7, 11) is 1.76. The van der Waals surface area contributed by atoms with Crippen LogP contribution in [0.1, 0.15) is 37.6 Å². The van der Waals surface area contributed by atoms with Crippen molar-refractivity contribution in [1.29, 1.82) is 0 Å². The number of anilines is 1. The van der Waals surface area contributed by atoms with Crippen LogP contribution < -0.4 is 16.0 Å². The van der Waals surface area contributed by atoms with E-state index in [0.29, 0.717) is 19.8 Å². The first kappa shape index (κ1) is 24.2. The second-order valence-electron chi connectivity index (χ2n) is 10.5. The van der Waals surface area contributed by atoms with E-state index in [1.807, 2.05) is 40.9 Å². The lowest BCUT2D eigenvalue weighted by molar-refractivity contribution is -0.121. The summed E-state index contributed by atoms with van der Waals surface area (Å²) in [6.07, 6.45) is 5.29. The molecule has 8 nitrogen and oxygen atoms in total. The molecule has 0 amide bonds. The van der Waals surface area contributed by atoms with Crippen molar-refractivity contribution in [3.63, 3.8) is 0 Å². The number of ether oxygens (including phenoxy) is 2. The van der Waals surface area contributed by atoms with Crippen molar-refractivity contribution in [2.24, 2.45) is 11.7 Å². The van der Waals surface area contributed by atoms with Gasteiger partial charge in [0.1, 0.15) is 5.60 Å². The van der Waals surface area contributed by atoms with Gasteiger partial charge in [-0.05, 0) is 43.7 Å². The molecule has 6 rings (SSSR count). The van der Waals surface area contributed by atoms with Gasteiger partial charge in [-0.1, -0.05) is 43.3 Å². The highest BCUT2D eigenvalue weighted by molar-refractivity contribution is 5.57. The fourth-order valence-corrected chi connectivity index (χ4v) is 5.25. The minimum Gasteiger partial charge on any atom is -0.377 e. The van der Waals surface area contributed by atoms with E-state index in [1.165, 1.54) is 12.1 Å². The molecule has 188 valence electrons. The largest absolute Gasteiger partial charge is 0.377 e. The molecule has 4 heterocycles. The Morgan fingerprint density at radius 3 is 2.40 bits per heavy atom. The maximum atomic E-state index is 6.30. The molecule has 2 saturated heterocycles. The molecule has 2 aliphatic heterocycles. The summed E-state index contributed by atoms with van der Waals surface area (Å²) < 4.78 is 13.2. The molecule has 3 N–H and O–H groups in total. The van der Waals surface area contributed by atoms with Crippen LogP contribution in [-0.4, -0.2) is 66.1 Å². The molecular formula is C27H38N6O2. The van der Waals surface area contributed by atoms with Crippen molar-refractivity contribution in [2.45, 2.75) is 50.3 Å². The lowest BCUT2D eigenvalue weighted by atomic mass is 9.73. The number of hydrogen-bond acceptors (Lipinski definition) is 7. The van der Waals surface area contributed by atoms with Gasteiger partial charge in [-0.25, -0.2) is 9.50 Å². The SMILES string of the molecule is COC1(c2nc3c(C)cc(N4CCC(C)C4)cn3n2)CCC1NCC1(N)COC1.c1ccccc1. The maximum absolute atomic E-state index is 6.30. The summed E-state index contributed by atoms with van der Waals surface area (Å²) in [4.78, 5) is 7.35. The molecule has 3 unspecified atom stereocenters. The molecule has 0 bridgehead atoms. The molecule has 3 fully saturated rings. The molecule has 3 aromatic rings. The number of nitrogens with zero attached hydrogens (tertiary/aromatic N) is 4. The standard InChI is InChI=1S/C21H32N6O2.C6H6/c1-14-5-7-26(9-14)16-8-15(2)18-24-19(25-27(18)10-16)21(28-3)6-4-17(21)23-11-20(22)12-29-13-20;1-2-4-6-5-3-1/h8,10,14,17,23H,4-7,9,11-13,22H2,1-3H3;1-6H. The zero-order chi connectivity index (χ0) is 24.5. The average Bonchev–Trinajstić information content (AvgIpc) is 3.46. The Bertz CT molecular complexity index is 1100. The molecular weight excluding hydrogens is 440 g/mol. The molecule has 35 heavy (non-hydrogen) atoms. The second-order valence-corrected chi connectivity index (χ2v) is 10.5. The molecule has 0 radical (unpaired) electrons. The number of aromatic nitrogens is 3. The Morgan fingerprint density at radius 1 is 1.17 bits per heavy atom. The van der Waals surface area contributed by atoms with Crippen LogP contribution in [0.15, 0.2) is 48.7 Å². The van der Waals surface area contributed by atoms with Crippen molar-refractivity contribution in [3.05, 3.63) is 60.0 Å². The van der Waals surface area contributed by atoms with Gasteiger partial charge in [-0.3, -0.25) is 0 Å². The van der Waals surface area contributed by atoms with E-state index >= 15 is 0 Å². The van der Waals surface area contributed by atoms with Crippen molar-refractivity contribution >= 4 is 11.3 Å². The van der Waals surface area contributed by atoms with Gasteiger partial charge < -0.3 is 25.4 Å². The number of nitrogens with one attached hydrogen (secondary N) is 1. The average molecular weight is 479 g/mol. The third-order valence-corrected chi connectivity index (χ3v) is 7.65. The number of benzene rings is 1. The second kappa shape index (κ2) is 9.85. The van der Waals surface area contributed by atoms with Gasteiger partial charge in [0.2, 0.25) is 0 Å². The van der Waals surface area contributed by atoms with Gasteiger partial charge in [0, 0.05) is 32.8 Å². The molecule has 2 aromatic heterocycles. The lowest BCUT2D eigenvalue weighted by Crippen LogP contribution is -2.67. The number of rotatable bonds is 6. The van der Waals surface area contributed by atoms with E-state index in [-0.39, 0.29) is 11.6 Å². The molecule has 0 spiro atoms. The molecule has 1 aliphatic carbocycles. The first-order valence-corrected chi connectivity index (χ1v) is 12.7. The van der Waals surface area contributed by atoms with Crippen LogP contribution in [0.4, 0.5) is 5.69 Å². The topological polar surface area (TPSA) is 89.9 Å². The lowest BCUT2D eigenvalue weighted by Gasteiger charge is -2.48. The van der Waals surface area contributed by atoms with Gasteiger partial charge in [-0.2, -0.15) is 0 Å². The van der Waals surface area contributed by atoms with E-state index in [0.717, 1.165) is 48.9 Å². The first-order chi connectivity index (χ1) is 16.9. The van der Waals surface area contributed by atoms with Gasteiger partial charge >= 0.3 is 0 Å². The maximum Gasteiger partial charge on any atom is 0.185 e. The van der Waals surface area contributed by atoms with Crippen LogP contribution in [0, 0.1) is 12.8 Å². The van der Waals surface area contributed by atoms with E-state index in [4.69, 9.17) is 25.3 Å². The normalized spacial score (nSPS) is 27.1. The quantitative estimate of drug-likeness (QED) is 0.563. The minimum atomic E-state index is -0.498. The number of aryl methyl sites for hydroxylation is 1. The highest BCUT2D eigenvalue weighted by Gasteiger charge is 2.52. The molecule has 1 saturated carbocycles. The monoisotopic (exact) mass is 478 g/mol. The predicted molar refractivity (Wildman–Crippen MR) is 138 cm³/mol. The highest BCUT2D eigenvalue weighted by atomic mass is 16.5. The van der Waals surface area contributed by atoms with Crippen LogP contribution >= 0.6 is 0 Å². The van der Waals surface area contributed by atoms with Gasteiger partial charge in [0.15, 0.2) is 11.5 Å². The molecule has 3 aliphatic rings. The summed E-state index contributed by atoms with van der Waals surface area (Å²) in [5, 5.41) is 8.47. The number of nitrogens with two attached hydrogens (primary N) is 1. The van der Waals surface area contributed by atoms with Crippen molar-refractivity contribution in [1.82, 2.24) is 19.9 Å². The Hall–Kier alpha value is -2.52. The van der Waals surface area contributed by atoms with Crippen LogP contribution in [0.2, 0.25) is 0 Å². The van der Waals surface area contributed by atoms with Gasteiger partial charge in [0.25, 0.3) is 0 Å². The number of fused-ring (bicyclic) bond motifs is 1. The Labute approximate surface area is 207 Å². The number of pyridine rings is 1. The summed E-state index contributed by atoms with van der Waals surface area (Å²) >= 11 is 0. The fraction of sp³-hybridized carbons (Fsp3) is 0.556. The fourth-order valence-electron chi connectivity index (χ4n) is 5.25. The summed E-state index contributed by atoms with van der Waals surface area (Å²) in [6, 6.07) is 14.4. The Morgan fingerprint density at radius 2 is 1.89 bits per heavy atom. The van der Waals surface area contributed by atoms with E-state index < -0.39 is 5.60 Å².